The van der Waals surface area contributed by atoms with Crippen LogP contribution in [0.25, 0.3) is 0 Å². The zero-order chi connectivity index (χ0) is 13.8. The molecule has 2 aromatic carbocycles. The van der Waals surface area contributed by atoms with Gasteiger partial charge < -0.3 is 10.2 Å². The average molecular weight is 274 g/mol. The second-order valence-electron chi connectivity index (χ2n) is 3.77. The minimum absolute atomic E-state index is 0.0615. The molecule has 0 atom stereocenters. The molecule has 0 aromatic heterocycles. The van der Waals surface area contributed by atoms with Gasteiger partial charge in [0, 0.05) is 11.1 Å². The van der Waals surface area contributed by atoms with Gasteiger partial charge in [-0.1, -0.05) is 0 Å². The molecule has 0 saturated heterocycles. The van der Waals surface area contributed by atoms with Crippen molar-refractivity contribution in [1.29, 1.82) is 0 Å². The fraction of sp³-hybridized carbons (Fsp3) is 0. The second kappa shape index (κ2) is 5.58. The number of aromatic hydroxyl groups is 2. The van der Waals surface area contributed by atoms with Crippen molar-refractivity contribution < 1.29 is 19.8 Å². The van der Waals surface area contributed by atoms with E-state index in [9.17, 15) is 9.59 Å². The summed E-state index contributed by atoms with van der Waals surface area (Å²) in [5.74, 6) is 0.123. The predicted molar refractivity (Wildman–Crippen MR) is 72.5 cm³/mol. The third-order valence-corrected chi connectivity index (χ3v) is 3.23. The Kier molecular flexibility index (Phi) is 3.87. The SMILES string of the molecule is O=C(SC(=O)c1ccc(O)cc1)c1ccc(O)cc1. The van der Waals surface area contributed by atoms with Crippen LogP contribution in [0.2, 0.25) is 0 Å². The first-order chi connectivity index (χ1) is 9.06. The van der Waals surface area contributed by atoms with Gasteiger partial charge in [0.1, 0.15) is 11.5 Å². The lowest BCUT2D eigenvalue weighted by molar-refractivity contribution is 0.106. The first-order valence-electron chi connectivity index (χ1n) is 5.41. The average Bonchev–Trinajstić information content (AvgIpc) is 2.40. The van der Waals surface area contributed by atoms with E-state index in [1.54, 1.807) is 0 Å². The molecule has 0 fully saturated rings. The molecule has 0 heterocycles. The van der Waals surface area contributed by atoms with Gasteiger partial charge >= 0.3 is 0 Å². The summed E-state index contributed by atoms with van der Waals surface area (Å²) < 4.78 is 0. The van der Waals surface area contributed by atoms with Gasteiger partial charge in [-0.15, -0.1) is 0 Å². The number of thioether (sulfide) groups is 1. The highest BCUT2D eigenvalue weighted by Gasteiger charge is 2.14. The first kappa shape index (κ1) is 13.2. The molecule has 5 heteroatoms. The molecular weight excluding hydrogens is 264 g/mol. The van der Waals surface area contributed by atoms with E-state index in [2.05, 4.69) is 0 Å². The lowest BCUT2D eigenvalue weighted by Gasteiger charge is -2.01. The fourth-order valence-electron chi connectivity index (χ4n) is 1.40. The number of rotatable bonds is 2. The quantitative estimate of drug-likeness (QED) is 0.880. The summed E-state index contributed by atoms with van der Waals surface area (Å²) in [6, 6.07) is 11.4. The maximum atomic E-state index is 11.8. The van der Waals surface area contributed by atoms with Gasteiger partial charge in [0.05, 0.1) is 0 Å². The molecule has 0 saturated carbocycles. The zero-order valence-corrected chi connectivity index (χ0v) is 10.6. The van der Waals surface area contributed by atoms with E-state index in [1.807, 2.05) is 0 Å². The van der Waals surface area contributed by atoms with Crippen molar-refractivity contribution in [2.24, 2.45) is 0 Å². The Hall–Kier alpha value is -2.27. The molecule has 2 aromatic rings. The normalized spacial score (nSPS) is 10.1. The highest BCUT2D eigenvalue weighted by Crippen LogP contribution is 2.21. The summed E-state index contributed by atoms with van der Waals surface area (Å²) in [5.41, 5.74) is 0.685. The van der Waals surface area contributed by atoms with Gasteiger partial charge in [0.15, 0.2) is 0 Å². The molecule has 0 aliphatic heterocycles. The summed E-state index contributed by atoms with van der Waals surface area (Å²) in [6.45, 7) is 0. The topological polar surface area (TPSA) is 74.6 Å². The number of hydrogen-bond donors (Lipinski definition) is 2. The second-order valence-corrected chi connectivity index (χ2v) is 4.72. The molecule has 96 valence electrons. The lowest BCUT2D eigenvalue weighted by Crippen LogP contribution is -2.00. The molecule has 2 N–H and O–H groups in total. The molecule has 2 rings (SSSR count). The number of carbonyl (C=O) groups is 2. The molecule has 0 unspecified atom stereocenters. The minimum atomic E-state index is -0.391. The van der Waals surface area contributed by atoms with Crippen molar-refractivity contribution in [1.82, 2.24) is 0 Å². The lowest BCUT2D eigenvalue weighted by atomic mass is 10.2. The molecule has 4 nitrogen and oxygen atoms in total. The van der Waals surface area contributed by atoms with E-state index in [0.717, 1.165) is 0 Å². The van der Waals surface area contributed by atoms with Gasteiger partial charge in [0.25, 0.3) is 0 Å². The summed E-state index contributed by atoms with van der Waals surface area (Å²) in [5, 5.41) is 17.4. The molecule has 0 spiro atoms. The van der Waals surface area contributed by atoms with Crippen LogP contribution in [0.3, 0.4) is 0 Å². The van der Waals surface area contributed by atoms with E-state index in [1.165, 1.54) is 48.5 Å². The Labute approximate surface area is 113 Å². The van der Waals surface area contributed by atoms with Crippen molar-refractivity contribution in [3.63, 3.8) is 0 Å². The molecule has 0 bridgehead atoms. The zero-order valence-electron chi connectivity index (χ0n) is 9.74. The maximum Gasteiger partial charge on any atom is 0.227 e. The number of phenols is 2. The van der Waals surface area contributed by atoms with E-state index in [0.29, 0.717) is 22.9 Å². The fourth-order valence-corrected chi connectivity index (χ4v) is 2.07. The molecule has 0 aliphatic carbocycles. The summed E-state index contributed by atoms with van der Waals surface area (Å²) in [6.07, 6.45) is 0. The molecule has 0 radical (unpaired) electrons. The third-order valence-electron chi connectivity index (χ3n) is 2.39. The Morgan fingerprint density at radius 3 is 1.32 bits per heavy atom. The van der Waals surface area contributed by atoms with Crippen molar-refractivity contribution in [2.45, 2.75) is 0 Å². The summed E-state index contributed by atoms with van der Waals surface area (Å²) in [4.78, 5) is 23.6. The van der Waals surface area contributed by atoms with Crippen LogP contribution in [0.15, 0.2) is 48.5 Å². The first-order valence-corrected chi connectivity index (χ1v) is 6.22. The van der Waals surface area contributed by atoms with Crippen molar-refractivity contribution in [3.8, 4) is 11.5 Å². The van der Waals surface area contributed by atoms with Crippen molar-refractivity contribution >= 4 is 22.0 Å². The van der Waals surface area contributed by atoms with Crippen molar-refractivity contribution in [3.05, 3.63) is 59.7 Å². The number of hydrogen-bond acceptors (Lipinski definition) is 5. The standard InChI is InChI=1S/C14H10O4S/c15-11-5-1-9(2-6-11)13(17)19-14(18)10-3-7-12(16)8-4-10/h1-8,15-16H. The van der Waals surface area contributed by atoms with Crippen LogP contribution in [-0.2, 0) is 0 Å². The van der Waals surface area contributed by atoms with Crippen LogP contribution < -0.4 is 0 Å². The summed E-state index contributed by atoms with van der Waals surface area (Å²) in [7, 11) is 0. The maximum absolute atomic E-state index is 11.8. The molecule has 0 aliphatic rings. The monoisotopic (exact) mass is 274 g/mol. The van der Waals surface area contributed by atoms with Crippen LogP contribution in [-0.4, -0.2) is 20.4 Å². The van der Waals surface area contributed by atoms with Gasteiger partial charge in [-0.2, -0.15) is 0 Å². The van der Waals surface area contributed by atoms with Gasteiger partial charge in [-0.3, -0.25) is 9.59 Å². The number of phenolic OH excluding ortho intramolecular Hbond substituents is 2. The Morgan fingerprint density at radius 1 is 0.684 bits per heavy atom. The molecule has 19 heavy (non-hydrogen) atoms. The summed E-state index contributed by atoms with van der Waals surface area (Å²) >= 11 is 0.576. The Balaban J connectivity index is 2.08. The van der Waals surface area contributed by atoms with E-state index in [-0.39, 0.29) is 11.5 Å². The van der Waals surface area contributed by atoms with E-state index >= 15 is 0 Å². The van der Waals surface area contributed by atoms with Crippen molar-refractivity contribution in [2.75, 3.05) is 0 Å². The highest BCUT2D eigenvalue weighted by atomic mass is 32.2. The van der Waals surface area contributed by atoms with Gasteiger partial charge in [0.2, 0.25) is 10.2 Å². The predicted octanol–water partition coefficient (Wildman–Crippen LogP) is 2.81. The number of carbonyl (C=O) groups excluding carboxylic acids is 2. The van der Waals surface area contributed by atoms with Gasteiger partial charge in [-0.25, -0.2) is 0 Å². The Bertz CT molecular complexity index is 547. The highest BCUT2D eigenvalue weighted by molar-refractivity contribution is 8.26. The third kappa shape index (κ3) is 3.35. The van der Waals surface area contributed by atoms with Crippen LogP contribution in [0, 0.1) is 0 Å². The molecule has 0 amide bonds. The van der Waals surface area contributed by atoms with E-state index in [4.69, 9.17) is 10.2 Å². The largest absolute Gasteiger partial charge is 0.508 e. The molecular formula is C14H10O4S. The minimum Gasteiger partial charge on any atom is -0.508 e. The van der Waals surface area contributed by atoms with E-state index < -0.39 is 10.2 Å². The van der Waals surface area contributed by atoms with Crippen LogP contribution in [0.5, 0.6) is 11.5 Å². The Morgan fingerprint density at radius 2 is 1.00 bits per heavy atom. The van der Waals surface area contributed by atoms with Crippen LogP contribution >= 0.6 is 11.8 Å². The van der Waals surface area contributed by atoms with Gasteiger partial charge in [-0.05, 0) is 60.3 Å². The van der Waals surface area contributed by atoms with Crippen LogP contribution in [0.4, 0.5) is 0 Å². The smallest absolute Gasteiger partial charge is 0.227 e. The van der Waals surface area contributed by atoms with Crippen LogP contribution in [0.1, 0.15) is 20.7 Å². The number of benzene rings is 2.